The van der Waals surface area contributed by atoms with Crippen molar-refractivity contribution in [3.8, 4) is 11.5 Å². The first kappa shape index (κ1) is 14.9. The van der Waals surface area contributed by atoms with Crippen LogP contribution < -0.4 is 4.90 Å². The SMILES string of the molecule is CCC[NH+]1CCc2c(sc3ncn4nc(-c5ccccn5)nc4c23)C1. The number of aromatic nitrogens is 5. The van der Waals surface area contributed by atoms with Crippen molar-refractivity contribution in [3.63, 3.8) is 0 Å². The molecule has 7 heteroatoms. The van der Waals surface area contributed by atoms with Gasteiger partial charge in [0.05, 0.1) is 23.4 Å². The molecule has 1 aliphatic heterocycles. The first-order valence-electron chi connectivity index (χ1n) is 8.74. The van der Waals surface area contributed by atoms with Crippen LogP contribution in [-0.2, 0) is 13.0 Å². The van der Waals surface area contributed by atoms with E-state index in [1.54, 1.807) is 21.9 Å². The Kier molecular flexibility index (Phi) is 3.50. The molecule has 0 saturated carbocycles. The maximum atomic E-state index is 4.80. The highest BCUT2D eigenvalue weighted by atomic mass is 32.1. The van der Waals surface area contributed by atoms with E-state index in [-0.39, 0.29) is 0 Å². The normalized spacial score (nSPS) is 17.2. The lowest BCUT2D eigenvalue weighted by Gasteiger charge is -2.23. The van der Waals surface area contributed by atoms with Crippen molar-refractivity contribution in [2.45, 2.75) is 26.3 Å². The summed E-state index contributed by atoms with van der Waals surface area (Å²) in [6.07, 6.45) is 5.87. The first-order chi connectivity index (χ1) is 12.3. The van der Waals surface area contributed by atoms with Gasteiger partial charge in [-0.2, -0.15) is 0 Å². The van der Waals surface area contributed by atoms with Crippen molar-refractivity contribution in [1.29, 1.82) is 0 Å². The molecule has 0 radical (unpaired) electrons. The largest absolute Gasteiger partial charge is 0.330 e. The van der Waals surface area contributed by atoms with E-state index >= 15 is 0 Å². The van der Waals surface area contributed by atoms with Crippen molar-refractivity contribution in [1.82, 2.24) is 24.6 Å². The van der Waals surface area contributed by atoms with Gasteiger partial charge in [0, 0.05) is 12.6 Å². The molecule has 0 aliphatic carbocycles. The third kappa shape index (κ3) is 2.42. The number of fused-ring (bicyclic) bond motifs is 5. The molecule has 6 nitrogen and oxygen atoms in total. The standard InChI is InChI=1S/C18H18N6S/c1-2-8-23-9-6-12-14(10-23)25-18-15(12)17-21-16(22-24(17)11-20-18)13-5-3-4-7-19-13/h3-5,7,11H,2,6,8-10H2,1H3/p+1. The molecule has 1 aliphatic rings. The molecular formula is C18H19N6S+. The van der Waals surface area contributed by atoms with Crippen LogP contribution in [0.4, 0.5) is 0 Å². The Labute approximate surface area is 149 Å². The van der Waals surface area contributed by atoms with Crippen molar-refractivity contribution < 1.29 is 4.90 Å². The van der Waals surface area contributed by atoms with Crippen molar-refractivity contribution in [3.05, 3.63) is 41.2 Å². The van der Waals surface area contributed by atoms with Gasteiger partial charge in [-0.1, -0.05) is 13.0 Å². The zero-order chi connectivity index (χ0) is 16.8. The lowest BCUT2D eigenvalue weighted by molar-refractivity contribution is -0.915. The highest BCUT2D eigenvalue weighted by Gasteiger charge is 2.26. The minimum absolute atomic E-state index is 0.656. The molecular weight excluding hydrogens is 332 g/mol. The summed E-state index contributed by atoms with van der Waals surface area (Å²) in [4.78, 5) is 18.0. The third-order valence-electron chi connectivity index (χ3n) is 4.85. The number of thiophene rings is 1. The van der Waals surface area contributed by atoms with Crippen molar-refractivity contribution >= 4 is 27.2 Å². The molecule has 0 fully saturated rings. The van der Waals surface area contributed by atoms with Gasteiger partial charge in [-0.3, -0.25) is 4.98 Å². The van der Waals surface area contributed by atoms with E-state index in [1.807, 2.05) is 29.5 Å². The molecule has 126 valence electrons. The maximum absolute atomic E-state index is 4.80. The van der Waals surface area contributed by atoms with E-state index < -0.39 is 0 Å². The number of hydrogen-bond acceptors (Lipinski definition) is 5. The molecule has 1 unspecified atom stereocenters. The van der Waals surface area contributed by atoms with Gasteiger partial charge in [0.2, 0.25) is 5.82 Å². The Morgan fingerprint density at radius 3 is 3.08 bits per heavy atom. The van der Waals surface area contributed by atoms with Gasteiger partial charge >= 0.3 is 0 Å². The molecule has 1 atom stereocenters. The molecule has 25 heavy (non-hydrogen) atoms. The van der Waals surface area contributed by atoms with E-state index in [9.17, 15) is 0 Å². The number of quaternary nitrogens is 1. The van der Waals surface area contributed by atoms with Gasteiger partial charge in [0.25, 0.3) is 0 Å². The molecule has 5 rings (SSSR count). The van der Waals surface area contributed by atoms with Crippen molar-refractivity contribution in [2.75, 3.05) is 13.1 Å². The van der Waals surface area contributed by atoms with Crippen LogP contribution in [0.2, 0.25) is 0 Å². The third-order valence-corrected chi connectivity index (χ3v) is 5.99. The minimum atomic E-state index is 0.656. The Morgan fingerprint density at radius 1 is 1.28 bits per heavy atom. The van der Waals surface area contributed by atoms with Gasteiger partial charge in [0.15, 0.2) is 5.65 Å². The van der Waals surface area contributed by atoms with Gasteiger partial charge in [-0.25, -0.2) is 14.5 Å². The van der Waals surface area contributed by atoms with Crippen LogP contribution in [0.25, 0.3) is 27.4 Å². The molecule has 5 heterocycles. The molecule has 4 aromatic rings. The molecule has 0 bridgehead atoms. The van der Waals surface area contributed by atoms with Gasteiger partial charge in [0.1, 0.15) is 23.4 Å². The zero-order valence-corrected chi connectivity index (χ0v) is 14.9. The Hall–Kier alpha value is -2.38. The average molecular weight is 351 g/mol. The summed E-state index contributed by atoms with van der Waals surface area (Å²) in [6.45, 7) is 5.80. The van der Waals surface area contributed by atoms with Crippen LogP contribution in [0.15, 0.2) is 30.7 Å². The van der Waals surface area contributed by atoms with E-state index in [1.165, 1.54) is 35.3 Å². The summed E-state index contributed by atoms with van der Waals surface area (Å²) in [7, 11) is 0. The molecule has 0 amide bonds. The maximum Gasteiger partial charge on any atom is 0.200 e. The van der Waals surface area contributed by atoms with Crippen LogP contribution in [-0.4, -0.2) is 37.7 Å². The summed E-state index contributed by atoms with van der Waals surface area (Å²) in [5.41, 5.74) is 3.13. The summed E-state index contributed by atoms with van der Waals surface area (Å²) < 4.78 is 1.80. The minimum Gasteiger partial charge on any atom is -0.330 e. The van der Waals surface area contributed by atoms with Crippen LogP contribution in [0, 0.1) is 0 Å². The Morgan fingerprint density at radius 2 is 2.24 bits per heavy atom. The van der Waals surface area contributed by atoms with Gasteiger partial charge < -0.3 is 4.90 Å². The van der Waals surface area contributed by atoms with Gasteiger partial charge in [-0.05, 0) is 24.1 Å². The predicted molar refractivity (Wildman–Crippen MR) is 97.8 cm³/mol. The molecule has 0 saturated heterocycles. The monoisotopic (exact) mass is 351 g/mol. The average Bonchev–Trinajstić information content (AvgIpc) is 3.23. The van der Waals surface area contributed by atoms with Crippen LogP contribution >= 0.6 is 11.3 Å². The number of hydrogen-bond donors (Lipinski definition) is 1. The van der Waals surface area contributed by atoms with E-state index in [0.29, 0.717) is 5.82 Å². The zero-order valence-electron chi connectivity index (χ0n) is 14.1. The Balaban J connectivity index is 1.67. The molecule has 0 aromatic carbocycles. The fourth-order valence-electron chi connectivity index (χ4n) is 3.70. The molecule has 1 N–H and O–H groups in total. The summed E-state index contributed by atoms with van der Waals surface area (Å²) in [5, 5.41) is 5.77. The number of nitrogens with one attached hydrogen (secondary N) is 1. The second-order valence-electron chi connectivity index (χ2n) is 6.52. The lowest BCUT2D eigenvalue weighted by Crippen LogP contribution is -3.11. The highest BCUT2D eigenvalue weighted by Crippen LogP contribution is 2.33. The highest BCUT2D eigenvalue weighted by molar-refractivity contribution is 7.19. The fourth-order valence-corrected chi connectivity index (χ4v) is 4.95. The summed E-state index contributed by atoms with van der Waals surface area (Å²) in [6, 6.07) is 5.80. The van der Waals surface area contributed by atoms with Crippen LogP contribution in [0.5, 0.6) is 0 Å². The van der Waals surface area contributed by atoms with Crippen LogP contribution in [0.3, 0.4) is 0 Å². The van der Waals surface area contributed by atoms with Crippen LogP contribution in [0.1, 0.15) is 23.8 Å². The molecule has 4 aromatic heterocycles. The van der Waals surface area contributed by atoms with E-state index in [0.717, 1.165) is 29.1 Å². The quantitative estimate of drug-likeness (QED) is 0.611. The smallest absolute Gasteiger partial charge is 0.200 e. The van der Waals surface area contributed by atoms with E-state index in [4.69, 9.17) is 4.98 Å². The number of rotatable bonds is 3. The lowest BCUT2D eigenvalue weighted by atomic mass is 10.1. The second-order valence-corrected chi connectivity index (χ2v) is 7.61. The Bertz CT molecular complexity index is 1050. The number of nitrogens with zero attached hydrogens (tertiary/aromatic N) is 5. The molecule has 0 spiro atoms. The first-order valence-corrected chi connectivity index (χ1v) is 9.55. The fraction of sp³-hybridized carbons (Fsp3) is 0.333. The topological polar surface area (TPSA) is 60.4 Å². The van der Waals surface area contributed by atoms with E-state index in [2.05, 4.69) is 22.0 Å². The summed E-state index contributed by atoms with van der Waals surface area (Å²) >= 11 is 1.82. The predicted octanol–water partition coefficient (Wildman–Crippen LogP) is 1.75. The second kappa shape index (κ2) is 5.86. The number of pyridine rings is 1. The summed E-state index contributed by atoms with van der Waals surface area (Å²) in [5.74, 6) is 0.656. The van der Waals surface area contributed by atoms with Gasteiger partial charge in [-0.15, -0.1) is 16.4 Å². The van der Waals surface area contributed by atoms with Crippen molar-refractivity contribution in [2.24, 2.45) is 0 Å².